The molecule has 0 spiro atoms. The van der Waals surface area contributed by atoms with Crippen molar-refractivity contribution in [2.75, 3.05) is 0 Å². The van der Waals surface area contributed by atoms with Crippen LogP contribution in [0.5, 0.6) is 0 Å². The first kappa shape index (κ1) is 11.2. The highest BCUT2D eigenvalue weighted by atomic mass is 15.1. The van der Waals surface area contributed by atoms with E-state index in [2.05, 4.69) is 29.3 Å². The van der Waals surface area contributed by atoms with Crippen molar-refractivity contribution in [2.24, 2.45) is 0 Å². The Balaban J connectivity index is 0.000000671. The molecule has 13 heavy (non-hydrogen) atoms. The van der Waals surface area contributed by atoms with Gasteiger partial charge < -0.3 is 0 Å². The van der Waals surface area contributed by atoms with E-state index in [1.54, 1.807) is 12.2 Å². The fourth-order valence-electron chi connectivity index (χ4n) is 0.794. The molecule has 0 fully saturated rings. The number of nitrogens with one attached hydrogen (secondary N) is 1. The van der Waals surface area contributed by atoms with Gasteiger partial charge in [-0.3, -0.25) is 5.10 Å². The second-order valence-corrected chi connectivity index (χ2v) is 2.01. The lowest BCUT2D eigenvalue weighted by Crippen LogP contribution is -2.21. The smallest absolute Gasteiger partial charge is 0.142 e. The standard InChI is InChI=1S/C9H8N2.C2H6/c1-4-6-8-7(3)10-11-9(8)5-2;1-2/h2,4,6,10H,1,3H2;1-2H3/b8-6+;. The maximum atomic E-state index is 5.18. The van der Waals surface area contributed by atoms with Gasteiger partial charge in [0.25, 0.3) is 0 Å². The lowest BCUT2D eigenvalue weighted by Gasteiger charge is -1.75. The van der Waals surface area contributed by atoms with E-state index in [0.29, 0.717) is 5.69 Å². The van der Waals surface area contributed by atoms with Crippen LogP contribution in [0.3, 0.4) is 0 Å². The molecule has 0 amide bonds. The van der Waals surface area contributed by atoms with E-state index >= 15 is 0 Å². The van der Waals surface area contributed by atoms with Gasteiger partial charge in [0.15, 0.2) is 0 Å². The summed E-state index contributed by atoms with van der Waals surface area (Å²) in [5, 5.41) is 8.10. The number of aromatic nitrogens is 2. The molecule has 1 aromatic rings. The molecular formula is C11H14N2. The lowest BCUT2D eigenvalue weighted by molar-refractivity contribution is 1.05. The average Bonchev–Trinajstić information content (AvgIpc) is 2.52. The first-order chi connectivity index (χ1) is 6.29. The van der Waals surface area contributed by atoms with Crippen molar-refractivity contribution < 1.29 is 0 Å². The fraction of sp³-hybridized carbons (Fsp3) is 0.182. The van der Waals surface area contributed by atoms with Gasteiger partial charge in [0.1, 0.15) is 5.69 Å². The minimum atomic E-state index is 0.579. The summed E-state index contributed by atoms with van der Waals surface area (Å²) in [6, 6.07) is 0. The number of rotatable bonds is 1. The highest BCUT2D eigenvalue weighted by Crippen LogP contribution is 1.74. The van der Waals surface area contributed by atoms with Gasteiger partial charge >= 0.3 is 0 Å². The van der Waals surface area contributed by atoms with E-state index in [-0.39, 0.29) is 0 Å². The van der Waals surface area contributed by atoms with Crippen LogP contribution >= 0.6 is 0 Å². The largest absolute Gasteiger partial charge is 0.277 e. The first-order valence-electron chi connectivity index (χ1n) is 4.12. The highest BCUT2D eigenvalue weighted by Gasteiger charge is 1.92. The Morgan fingerprint density at radius 1 is 1.54 bits per heavy atom. The molecule has 1 heterocycles. The van der Waals surface area contributed by atoms with Gasteiger partial charge in [0.05, 0.1) is 5.35 Å². The van der Waals surface area contributed by atoms with E-state index in [1.807, 2.05) is 13.8 Å². The zero-order valence-electron chi connectivity index (χ0n) is 8.09. The van der Waals surface area contributed by atoms with E-state index < -0.39 is 0 Å². The van der Waals surface area contributed by atoms with Crippen LogP contribution in [-0.2, 0) is 0 Å². The van der Waals surface area contributed by atoms with E-state index in [1.165, 1.54) is 0 Å². The monoisotopic (exact) mass is 174 g/mol. The number of allylic oxidation sites excluding steroid dienone is 1. The van der Waals surface area contributed by atoms with Crippen molar-refractivity contribution in [1.82, 2.24) is 10.2 Å². The van der Waals surface area contributed by atoms with E-state index in [4.69, 9.17) is 6.42 Å². The summed E-state index contributed by atoms with van der Waals surface area (Å²) < 4.78 is 0. The van der Waals surface area contributed by atoms with Crippen LogP contribution in [0.15, 0.2) is 12.7 Å². The minimum Gasteiger partial charge on any atom is -0.277 e. The van der Waals surface area contributed by atoms with Gasteiger partial charge in [-0.15, -0.1) is 6.42 Å². The number of nitrogens with zero attached hydrogens (tertiary/aromatic N) is 1. The second-order valence-electron chi connectivity index (χ2n) is 2.01. The lowest BCUT2D eigenvalue weighted by atomic mass is 10.3. The summed E-state index contributed by atoms with van der Waals surface area (Å²) >= 11 is 0. The van der Waals surface area contributed by atoms with Crippen LogP contribution in [0, 0.1) is 12.3 Å². The highest BCUT2D eigenvalue weighted by molar-refractivity contribution is 5.41. The van der Waals surface area contributed by atoms with Crippen molar-refractivity contribution >= 4 is 12.7 Å². The summed E-state index contributed by atoms with van der Waals surface area (Å²) in [6.45, 7) is 11.3. The minimum absolute atomic E-state index is 0.579. The molecular weight excluding hydrogens is 160 g/mol. The third-order valence-electron chi connectivity index (χ3n) is 1.30. The first-order valence-corrected chi connectivity index (χ1v) is 4.12. The molecule has 0 radical (unpaired) electrons. The van der Waals surface area contributed by atoms with E-state index in [9.17, 15) is 0 Å². The van der Waals surface area contributed by atoms with Crippen LogP contribution in [-0.4, -0.2) is 10.2 Å². The molecule has 0 aromatic carbocycles. The van der Waals surface area contributed by atoms with Crippen molar-refractivity contribution in [1.29, 1.82) is 0 Å². The second kappa shape index (κ2) is 5.84. The molecule has 68 valence electrons. The number of hydrogen-bond donors (Lipinski definition) is 1. The Kier molecular flexibility index (Phi) is 5.06. The van der Waals surface area contributed by atoms with Crippen LogP contribution in [0.2, 0.25) is 0 Å². The van der Waals surface area contributed by atoms with Crippen molar-refractivity contribution in [3.63, 3.8) is 0 Å². The quantitative estimate of drug-likeness (QED) is 0.627. The number of H-pyrrole nitrogens is 1. The molecule has 1 rings (SSSR count). The Morgan fingerprint density at radius 3 is 2.62 bits per heavy atom. The zero-order valence-corrected chi connectivity index (χ0v) is 8.09. The van der Waals surface area contributed by atoms with Gasteiger partial charge in [-0.05, 0) is 5.92 Å². The molecule has 0 unspecified atom stereocenters. The summed E-state index contributed by atoms with van der Waals surface area (Å²) in [5.41, 5.74) is 0.579. The van der Waals surface area contributed by atoms with Gasteiger partial charge in [0, 0.05) is 5.22 Å². The predicted octanol–water partition coefficient (Wildman–Crippen LogP) is 0.794. The van der Waals surface area contributed by atoms with Gasteiger partial charge in [-0.2, -0.15) is 5.10 Å². The third-order valence-corrected chi connectivity index (χ3v) is 1.30. The summed E-state index contributed by atoms with van der Waals surface area (Å²) in [6.07, 6.45) is 8.61. The molecule has 1 aromatic heterocycles. The van der Waals surface area contributed by atoms with E-state index in [0.717, 1.165) is 10.6 Å². The van der Waals surface area contributed by atoms with Gasteiger partial charge in [-0.1, -0.05) is 39.2 Å². The van der Waals surface area contributed by atoms with Gasteiger partial charge in [0.2, 0.25) is 0 Å². The summed E-state index contributed by atoms with van der Waals surface area (Å²) in [4.78, 5) is 0. The number of aromatic amines is 1. The van der Waals surface area contributed by atoms with Crippen LogP contribution in [0.4, 0.5) is 0 Å². The van der Waals surface area contributed by atoms with Crippen LogP contribution < -0.4 is 10.6 Å². The van der Waals surface area contributed by atoms with Crippen LogP contribution in [0.25, 0.3) is 12.7 Å². The molecule has 2 heteroatoms. The Labute approximate surface area is 78.7 Å². The number of hydrogen-bond acceptors (Lipinski definition) is 1. The number of terminal acetylenes is 1. The van der Waals surface area contributed by atoms with Crippen molar-refractivity contribution in [3.8, 4) is 12.3 Å². The predicted molar refractivity (Wildman–Crippen MR) is 57.3 cm³/mol. The topological polar surface area (TPSA) is 28.7 Å². The molecule has 0 saturated carbocycles. The Morgan fingerprint density at radius 2 is 2.15 bits per heavy atom. The Bertz CT molecular complexity index is 404. The molecule has 0 aliphatic rings. The summed E-state index contributed by atoms with van der Waals surface area (Å²) in [5.74, 6) is 2.44. The van der Waals surface area contributed by atoms with Gasteiger partial charge in [-0.25, -0.2) is 0 Å². The summed E-state index contributed by atoms with van der Waals surface area (Å²) in [7, 11) is 0. The normalized spacial score (nSPS) is 9.77. The maximum Gasteiger partial charge on any atom is 0.142 e. The average molecular weight is 174 g/mol. The molecule has 0 bridgehead atoms. The van der Waals surface area contributed by atoms with Crippen molar-refractivity contribution in [2.45, 2.75) is 13.8 Å². The zero-order chi connectivity index (χ0) is 10.3. The Hall–Kier alpha value is -1.75. The SMILES string of the molecule is C#Cc1n[nH]c(=C)/c1=C\C=C.CC. The molecule has 0 aliphatic carbocycles. The molecule has 0 saturated heterocycles. The maximum absolute atomic E-state index is 5.18. The van der Waals surface area contributed by atoms with Crippen LogP contribution in [0.1, 0.15) is 19.5 Å². The molecule has 1 N–H and O–H groups in total. The fourth-order valence-corrected chi connectivity index (χ4v) is 0.794. The molecule has 0 aliphatic heterocycles. The van der Waals surface area contributed by atoms with Crippen molar-refractivity contribution in [3.05, 3.63) is 28.9 Å². The third kappa shape index (κ3) is 2.64. The molecule has 0 atom stereocenters. The molecule has 2 nitrogen and oxygen atoms in total.